The van der Waals surface area contributed by atoms with E-state index in [2.05, 4.69) is 4.99 Å². The molecule has 0 aliphatic carbocycles. The van der Waals surface area contributed by atoms with Gasteiger partial charge in [0.25, 0.3) is 0 Å². The van der Waals surface area contributed by atoms with Crippen LogP contribution in [0.1, 0.15) is 27.7 Å². The minimum absolute atomic E-state index is 0.176. The van der Waals surface area contributed by atoms with Crippen LogP contribution in [0.15, 0.2) is 23.2 Å². The summed E-state index contributed by atoms with van der Waals surface area (Å²) in [5.74, 6) is -0.527. The summed E-state index contributed by atoms with van der Waals surface area (Å²) in [6.45, 7) is 7.98. The quantitative estimate of drug-likeness (QED) is 0.577. The molecule has 2 heterocycles. The molecule has 0 unspecified atom stereocenters. The minimum Gasteiger partial charge on any atom is -0.0348 e. The van der Waals surface area contributed by atoms with E-state index < -0.39 is 36.3 Å². The van der Waals surface area contributed by atoms with Crippen LogP contribution >= 0.6 is 0 Å². The topological polar surface area (TPSA) is 77.4 Å². The van der Waals surface area contributed by atoms with Crippen molar-refractivity contribution in [3.8, 4) is 0 Å². The van der Waals surface area contributed by atoms with Crippen molar-refractivity contribution < 1.29 is 27.9 Å². The normalized spacial score (nSPS) is 23.7. The number of carbonyl (C=O) groups is 1. The molecule has 0 radical (unpaired) electrons. The van der Waals surface area contributed by atoms with Gasteiger partial charge in [0.1, 0.15) is 0 Å². The summed E-state index contributed by atoms with van der Waals surface area (Å²) in [5.41, 5.74) is -0.495. The van der Waals surface area contributed by atoms with Gasteiger partial charge >= 0.3 is 119 Å². The van der Waals surface area contributed by atoms with Crippen LogP contribution in [0, 0.1) is 5.82 Å². The van der Waals surface area contributed by atoms with Gasteiger partial charge in [-0.15, -0.1) is 0 Å². The Morgan fingerprint density at radius 2 is 2.00 bits per heavy atom. The number of nitrogens with zero attached hydrogens (tertiary/aromatic N) is 2. The third kappa shape index (κ3) is 3.82. The van der Waals surface area contributed by atoms with Gasteiger partial charge in [-0.25, -0.2) is 0 Å². The molecule has 27 heavy (non-hydrogen) atoms. The molecule has 2 saturated heterocycles. The number of aliphatic imine (C=N–C) groups is 1. The Kier molecular flexibility index (Phi) is 5.22. The summed E-state index contributed by atoms with van der Waals surface area (Å²) in [6.07, 6.45) is 0.0406. The van der Waals surface area contributed by atoms with Crippen molar-refractivity contribution in [3.05, 3.63) is 24.0 Å². The van der Waals surface area contributed by atoms with Crippen molar-refractivity contribution in [1.29, 1.82) is 0 Å². The number of benzene rings is 1. The van der Waals surface area contributed by atoms with Crippen molar-refractivity contribution in [2.45, 2.75) is 45.0 Å². The van der Waals surface area contributed by atoms with Gasteiger partial charge in [0.15, 0.2) is 0 Å². The van der Waals surface area contributed by atoms with E-state index in [9.17, 15) is 13.9 Å². The molecule has 1 aromatic carbocycles. The van der Waals surface area contributed by atoms with Crippen LogP contribution in [0.2, 0.25) is 0 Å². The smallest absolute Gasteiger partial charge is 0.0348 e. The molecule has 7 nitrogen and oxygen atoms in total. The van der Waals surface area contributed by atoms with Crippen LogP contribution in [-0.4, -0.2) is 56.9 Å². The summed E-state index contributed by atoms with van der Waals surface area (Å²) in [7, 11) is -0.265. The Bertz CT molecular complexity index is 771. The molecule has 2 fully saturated rings. The zero-order chi connectivity index (χ0) is 19.8. The van der Waals surface area contributed by atoms with E-state index in [1.54, 1.807) is 12.1 Å². The number of hydrogen-bond acceptors (Lipinski definition) is 6. The predicted molar refractivity (Wildman–Crippen MR) is 99.5 cm³/mol. The molecule has 0 bridgehead atoms. The van der Waals surface area contributed by atoms with Gasteiger partial charge in [0.2, 0.25) is 0 Å². The fraction of sp³-hybridized carbons (Fsp3) is 0.529. The Morgan fingerprint density at radius 3 is 2.59 bits per heavy atom. The molecule has 0 spiro atoms. The fourth-order valence-electron chi connectivity index (χ4n) is 2.89. The van der Waals surface area contributed by atoms with Crippen LogP contribution in [0.5, 0.6) is 0 Å². The Morgan fingerprint density at radius 1 is 1.33 bits per heavy atom. The molecule has 142 valence electrons. The van der Waals surface area contributed by atoms with Gasteiger partial charge in [-0.1, -0.05) is 0 Å². The zero-order valence-electron chi connectivity index (χ0n) is 15.8. The third-order valence-electron chi connectivity index (χ3n) is 5.15. The second-order valence-corrected chi connectivity index (χ2v) is 7.56. The number of carbonyl (C=O) groups excluding carboxylic acids is 1. The first-order valence-corrected chi connectivity index (χ1v) is 8.71. The summed E-state index contributed by atoms with van der Waals surface area (Å²) < 4.78 is 41.9. The molecule has 1 atom stereocenters. The molecule has 2 aliphatic heterocycles. The standard InChI is InChI=1S/C17H21B2FN2O5/c1-16(2)17(3,4)27-19(26-16)13-6-5-11(7-14(13)20)22-9-12(25-15(22)23)8-21-10-18-24/h5-7,10,12H,8-9H2,1-4H3/b21-10-/t12-/m0/s1. The molecular formula is C17H21B2FN2O5. The van der Waals surface area contributed by atoms with E-state index in [1.165, 1.54) is 11.0 Å². The van der Waals surface area contributed by atoms with Crippen molar-refractivity contribution in [1.82, 2.24) is 0 Å². The second kappa shape index (κ2) is 7.16. The van der Waals surface area contributed by atoms with Gasteiger partial charge < -0.3 is 0 Å². The molecular weight excluding hydrogens is 353 g/mol. The molecule has 2 aliphatic rings. The Hall–Kier alpha value is -2.06. The maximum absolute atomic E-state index is 14.7. The minimum atomic E-state index is -0.819. The van der Waals surface area contributed by atoms with Crippen LogP contribution in [0.4, 0.5) is 14.9 Å². The van der Waals surface area contributed by atoms with Gasteiger partial charge in [-0.3, -0.25) is 0 Å². The van der Waals surface area contributed by atoms with Crippen LogP contribution in [0.3, 0.4) is 0 Å². The molecule has 10 heteroatoms. The number of amides is 1. The van der Waals surface area contributed by atoms with Crippen molar-refractivity contribution in [2.24, 2.45) is 4.99 Å². The first-order valence-electron chi connectivity index (χ1n) is 8.71. The number of hydrogen-bond donors (Lipinski definition) is 0. The van der Waals surface area contributed by atoms with Crippen LogP contribution in [0.25, 0.3) is 0 Å². The zero-order valence-corrected chi connectivity index (χ0v) is 15.8. The van der Waals surface area contributed by atoms with E-state index in [-0.39, 0.29) is 18.6 Å². The SMILES string of the molecule is CC1(C)OB(c2ccc(N3C[C@H](C/N=C\B=O)OC3=O)cc2F)OC1(C)C. The number of ether oxygens (including phenoxy) is 1. The number of halogens is 1. The van der Waals surface area contributed by atoms with E-state index in [0.29, 0.717) is 12.8 Å². The number of rotatable bonds is 5. The van der Waals surface area contributed by atoms with Gasteiger partial charge in [0.05, 0.1) is 11.2 Å². The maximum atomic E-state index is 14.7. The van der Waals surface area contributed by atoms with Crippen LogP contribution in [-0.2, 0) is 18.8 Å². The molecule has 0 aromatic heterocycles. The van der Waals surface area contributed by atoms with Crippen molar-refractivity contribution in [3.63, 3.8) is 0 Å². The van der Waals surface area contributed by atoms with Crippen molar-refractivity contribution >= 4 is 37.6 Å². The van der Waals surface area contributed by atoms with Crippen LogP contribution < -0.4 is 10.4 Å². The Labute approximate surface area is 158 Å². The summed E-state index contributed by atoms with van der Waals surface area (Å²) in [6, 6.07) is 4.44. The average molecular weight is 374 g/mol. The third-order valence-corrected chi connectivity index (χ3v) is 5.15. The van der Waals surface area contributed by atoms with E-state index >= 15 is 0 Å². The van der Waals surface area contributed by atoms with Gasteiger partial charge in [-0.2, -0.15) is 0 Å². The summed E-state index contributed by atoms with van der Waals surface area (Å²) >= 11 is 0. The monoisotopic (exact) mass is 374 g/mol. The molecule has 0 saturated carbocycles. The first-order chi connectivity index (χ1) is 12.6. The molecule has 1 aromatic rings. The molecule has 0 N–H and O–H groups in total. The summed E-state index contributed by atoms with van der Waals surface area (Å²) in [5, 5.41) is 0. The van der Waals surface area contributed by atoms with Gasteiger partial charge in [-0.05, 0) is 27.7 Å². The molecule has 3 rings (SSSR count). The average Bonchev–Trinajstić information content (AvgIpc) is 3.04. The summed E-state index contributed by atoms with van der Waals surface area (Å²) in [4.78, 5) is 17.2. The predicted octanol–water partition coefficient (Wildman–Crippen LogP) is 1.53. The Balaban J connectivity index is 1.75. The number of cyclic esters (lactones) is 1. The first kappa shape index (κ1) is 19.7. The molecule has 1 amide bonds. The van der Waals surface area contributed by atoms with Crippen molar-refractivity contribution in [2.75, 3.05) is 18.0 Å². The van der Waals surface area contributed by atoms with Gasteiger partial charge in [0, 0.05) is 0 Å². The van der Waals surface area contributed by atoms with E-state index in [0.717, 1.165) is 6.11 Å². The number of anilines is 1. The van der Waals surface area contributed by atoms with E-state index in [1.807, 2.05) is 27.7 Å². The second-order valence-electron chi connectivity index (χ2n) is 7.56. The van der Waals surface area contributed by atoms with E-state index in [4.69, 9.17) is 14.0 Å². The fourth-order valence-corrected chi connectivity index (χ4v) is 2.89.